The Morgan fingerprint density at radius 1 is 1.38 bits per heavy atom. The van der Waals surface area contributed by atoms with Crippen molar-refractivity contribution in [2.45, 2.75) is 45.1 Å². The molecule has 0 spiro atoms. The number of hydrogen-bond donors (Lipinski definition) is 1. The van der Waals surface area contributed by atoms with Gasteiger partial charge in [0, 0.05) is 18.4 Å². The van der Waals surface area contributed by atoms with Crippen LogP contribution in [0.2, 0.25) is 0 Å². The average Bonchev–Trinajstić information content (AvgIpc) is 2.16. The molecule has 2 N–H and O–H groups in total. The largest absolute Gasteiger partial charge is 0.383 e. The smallest absolute Gasteiger partial charge is 0.162 e. The molecule has 0 unspecified atom stereocenters. The Balaban J connectivity index is 2.43. The molecule has 4 nitrogen and oxygen atoms in total. The lowest BCUT2D eigenvalue weighted by Gasteiger charge is -2.39. The topological polar surface area (TPSA) is 61.0 Å². The predicted octanol–water partition coefficient (Wildman–Crippen LogP) is 1.96. The number of nitrogens with zero attached hydrogens (tertiary/aromatic N) is 2. The molecule has 0 aliphatic heterocycles. The van der Waals surface area contributed by atoms with Crippen LogP contribution in [0.3, 0.4) is 0 Å². The van der Waals surface area contributed by atoms with Crippen LogP contribution < -0.4 is 5.73 Å². The number of hydrogen-bond acceptors (Lipinski definition) is 4. The van der Waals surface area contributed by atoms with Crippen LogP contribution >= 0.6 is 0 Å². The van der Waals surface area contributed by atoms with E-state index in [9.17, 15) is 0 Å². The van der Waals surface area contributed by atoms with E-state index >= 15 is 0 Å². The van der Waals surface area contributed by atoms with Crippen LogP contribution in [-0.4, -0.2) is 17.1 Å². The maximum atomic E-state index is 5.96. The highest BCUT2D eigenvalue weighted by Gasteiger charge is 2.42. The molecule has 1 aliphatic carbocycles. The van der Waals surface area contributed by atoms with Gasteiger partial charge in [-0.1, -0.05) is 6.92 Å². The average molecular weight is 221 g/mol. The van der Waals surface area contributed by atoms with Crippen LogP contribution in [0, 0.1) is 6.92 Å². The monoisotopic (exact) mass is 221 g/mol. The molecule has 88 valence electrons. The summed E-state index contributed by atoms with van der Waals surface area (Å²) in [5.74, 6) is 1.36. The number of nitrogens with two attached hydrogens (primary N) is 1. The molecule has 2 rings (SSSR count). The number of methoxy groups -OCH3 is 1. The van der Waals surface area contributed by atoms with Crippen LogP contribution in [0.5, 0.6) is 0 Å². The molecule has 1 aromatic rings. The van der Waals surface area contributed by atoms with Gasteiger partial charge in [-0.25, -0.2) is 9.97 Å². The van der Waals surface area contributed by atoms with Gasteiger partial charge in [-0.2, -0.15) is 0 Å². The number of aromatic nitrogens is 2. The third-order valence-corrected chi connectivity index (χ3v) is 3.56. The Morgan fingerprint density at radius 3 is 2.44 bits per heavy atom. The summed E-state index contributed by atoms with van der Waals surface area (Å²) in [5, 5.41) is 0. The fourth-order valence-corrected chi connectivity index (χ4v) is 2.28. The standard InChI is InChI=1S/C12H19N3O/c1-4-9-8(2)14-11(15-10(9)13)12(16-3)6-5-7-12/h4-7H2,1-3H3,(H2,13,14,15). The van der Waals surface area contributed by atoms with Crippen molar-refractivity contribution >= 4 is 5.82 Å². The Labute approximate surface area is 96.2 Å². The lowest BCUT2D eigenvalue weighted by Crippen LogP contribution is -2.38. The van der Waals surface area contributed by atoms with Crippen LogP contribution in [0.25, 0.3) is 0 Å². The first-order chi connectivity index (χ1) is 7.63. The molecule has 1 fully saturated rings. The fraction of sp³-hybridized carbons (Fsp3) is 0.667. The number of anilines is 1. The van der Waals surface area contributed by atoms with Crippen molar-refractivity contribution in [3.8, 4) is 0 Å². The van der Waals surface area contributed by atoms with E-state index in [1.165, 1.54) is 6.42 Å². The van der Waals surface area contributed by atoms with Crippen molar-refractivity contribution in [3.63, 3.8) is 0 Å². The summed E-state index contributed by atoms with van der Waals surface area (Å²) in [5.41, 5.74) is 7.71. The summed E-state index contributed by atoms with van der Waals surface area (Å²) < 4.78 is 5.56. The number of nitrogen functional groups attached to an aromatic ring is 1. The van der Waals surface area contributed by atoms with Crippen molar-refractivity contribution in [1.29, 1.82) is 0 Å². The molecular weight excluding hydrogens is 202 g/mol. The van der Waals surface area contributed by atoms with Crippen molar-refractivity contribution in [1.82, 2.24) is 9.97 Å². The Hall–Kier alpha value is -1.16. The molecule has 1 saturated carbocycles. The van der Waals surface area contributed by atoms with E-state index in [0.29, 0.717) is 5.82 Å². The summed E-state index contributed by atoms with van der Waals surface area (Å²) in [6, 6.07) is 0. The molecule has 0 saturated heterocycles. The minimum atomic E-state index is -0.273. The summed E-state index contributed by atoms with van der Waals surface area (Å²) in [4.78, 5) is 8.97. The lowest BCUT2D eigenvalue weighted by atomic mass is 9.79. The Kier molecular flexibility index (Phi) is 2.84. The van der Waals surface area contributed by atoms with Gasteiger partial charge in [0.15, 0.2) is 5.82 Å². The third-order valence-electron chi connectivity index (χ3n) is 3.56. The SMILES string of the molecule is CCc1c(C)nc(C2(OC)CCC2)nc1N. The van der Waals surface area contributed by atoms with Gasteiger partial charge in [0.1, 0.15) is 11.4 Å². The molecule has 0 amide bonds. The van der Waals surface area contributed by atoms with Gasteiger partial charge in [0.2, 0.25) is 0 Å². The van der Waals surface area contributed by atoms with Gasteiger partial charge in [0.25, 0.3) is 0 Å². The normalized spacial score (nSPS) is 18.2. The molecule has 0 bridgehead atoms. The maximum absolute atomic E-state index is 5.96. The zero-order valence-electron chi connectivity index (χ0n) is 10.2. The number of ether oxygens (including phenoxy) is 1. The first kappa shape index (κ1) is 11.3. The molecular formula is C12H19N3O. The van der Waals surface area contributed by atoms with E-state index in [4.69, 9.17) is 10.5 Å². The van der Waals surface area contributed by atoms with Gasteiger partial charge >= 0.3 is 0 Å². The Bertz CT molecular complexity index is 371. The van der Waals surface area contributed by atoms with Gasteiger partial charge in [-0.3, -0.25) is 0 Å². The third kappa shape index (κ3) is 1.57. The summed E-state index contributed by atoms with van der Waals surface area (Å²) in [6.45, 7) is 4.06. The molecule has 1 heterocycles. The van der Waals surface area contributed by atoms with E-state index in [-0.39, 0.29) is 5.60 Å². The van der Waals surface area contributed by atoms with Crippen LogP contribution in [0.4, 0.5) is 5.82 Å². The van der Waals surface area contributed by atoms with Crippen molar-refractivity contribution < 1.29 is 4.74 Å². The quantitative estimate of drug-likeness (QED) is 0.847. The van der Waals surface area contributed by atoms with Gasteiger partial charge in [0.05, 0.1) is 0 Å². The highest BCUT2D eigenvalue weighted by molar-refractivity contribution is 5.42. The predicted molar refractivity (Wildman–Crippen MR) is 63.1 cm³/mol. The second-order valence-electron chi connectivity index (χ2n) is 4.40. The zero-order valence-corrected chi connectivity index (χ0v) is 10.2. The fourth-order valence-electron chi connectivity index (χ4n) is 2.28. The highest BCUT2D eigenvalue weighted by Crippen LogP contribution is 2.43. The lowest BCUT2D eigenvalue weighted by molar-refractivity contribution is -0.0846. The zero-order chi connectivity index (χ0) is 11.8. The van der Waals surface area contributed by atoms with E-state index in [2.05, 4.69) is 16.9 Å². The van der Waals surface area contributed by atoms with E-state index in [1.807, 2.05) is 6.92 Å². The number of rotatable bonds is 3. The molecule has 1 aromatic heterocycles. The molecule has 0 atom stereocenters. The van der Waals surface area contributed by atoms with Crippen LogP contribution in [-0.2, 0) is 16.8 Å². The minimum absolute atomic E-state index is 0.273. The van der Waals surface area contributed by atoms with Crippen molar-refractivity contribution in [2.75, 3.05) is 12.8 Å². The first-order valence-corrected chi connectivity index (χ1v) is 5.81. The second-order valence-corrected chi connectivity index (χ2v) is 4.40. The van der Waals surface area contributed by atoms with E-state index in [1.54, 1.807) is 7.11 Å². The van der Waals surface area contributed by atoms with E-state index in [0.717, 1.165) is 36.3 Å². The number of aryl methyl sites for hydroxylation is 1. The van der Waals surface area contributed by atoms with Crippen LogP contribution in [0.15, 0.2) is 0 Å². The van der Waals surface area contributed by atoms with Gasteiger partial charge in [-0.05, 0) is 32.6 Å². The summed E-state index contributed by atoms with van der Waals surface area (Å²) in [6.07, 6.45) is 4.03. The molecule has 0 radical (unpaired) electrons. The highest BCUT2D eigenvalue weighted by atomic mass is 16.5. The minimum Gasteiger partial charge on any atom is -0.383 e. The second kappa shape index (κ2) is 4.01. The molecule has 16 heavy (non-hydrogen) atoms. The first-order valence-electron chi connectivity index (χ1n) is 5.81. The molecule has 4 heteroatoms. The van der Waals surface area contributed by atoms with Crippen molar-refractivity contribution in [3.05, 3.63) is 17.1 Å². The Morgan fingerprint density at radius 2 is 2.06 bits per heavy atom. The molecule has 1 aliphatic rings. The van der Waals surface area contributed by atoms with Crippen molar-refractivity contribution in [2.24, 2.45) is 0 Å². The van der Waals surface area contributed by atoms with Crippen LogP contribution in [0.1, 0.15) is 43.3 Å². The van der Waals surface area contributed by atoms with Gasteiger partial charge in [-0.15, -0.1) is 0 Å². The summed E-state index contributed by atoms with van der Waals surface area (Å²) >= 11 is 0. The van der Waals surface area contributed by atoms with E-state index < -0.39 is 0 Å². The molecule has 0 aromatic carbocycles. The van der Waals surface area contributed by atoms with Gasteiger partial charge < -0.3 is 10.5 Å². The maximum Gasteiger partial charge on any atom is 0.162 e. The summed E-state index contributed by atoms with van der Waals surface area (Å²) in [7, 11) is 1.72.